The molecule has 0 radical (unpaired) electrons. The molecule has 0 spiro atoms. The molecule has 0 aromatic heterocycles. The average Bonchev–Trinajstić information content (AvgIpc) is 2.82. The Hall–Kier alpha value is -2.62. The van der Waals surface area contributed by atoms with Gasteiger partial charge in [0.1, 0.15) is 6.10 Å². The van der Waals surface area contributed by atoms with Crippen LogP contribution in [0.4, 0.5) is 0 Å². The summed E-state index contributed by atoms with van der Waals surface area (Å²) in [6.07, 6.45) is -0.188. The Morgan fingerprint density at radius 2 is 1.86 bits per heavy atom. The van der Waals surface area contributed by atoms with E-state index in [9.17, 15) is 9.59 Å². The van der Waals surface area contributed by atoms with Crippen LogP contribution < -0.4 is 0 Å². The highest BCUT2D eigenvalue weighted by atomic mass is 16.5. The van der Waals surface area contributed by atoms with Crippen LogP contribution >= 0.6 is 0 Å². The second-order valence-corrected chi connectivity index (χ2v) is 4.99. The van der Waals surface area contributed by atoms with Crippen LogP contribution in [0.5, 0.6) is 0 Å². The molecule has 1 aliphatic rings. The number of fused-ring (bicyclic) bond motifs is 1. The third-order valence-corrected chi connectivity index (χ3v) is 3.60. The fourth-order valence-corrected chi connectivity index (χ4v) is 2.55. The van der Waals surface area contributed by atoms with Gasteiger partial charge in [-0.25, -0.2) is 4.79 Å². The number of hydrogen-bond donors (Lipinski definition) is 1. The van der Waals surface area contributed by atoms with E-state index < -0.39 is 12.1 Å². The number of carboxylic acid groups (broad SMARTS) is 1. The van der Waals surface area contributed by atoms with Crippen molar-refractivity contribution in [2.45, 2.75) is 18.9 Å². The largest absolute Gasteiger partial charge is 0.481 e. The summed E-state index contributed by atoms with van der Waals surface area (Å²) in [7, 11) is 0. The zero-order valence-electron chi connectivity index (χ0n) is 11.3. The number of benzene rings is 2. The monoisotopic (exact) mass is 282 g/mol. The van der Waals surface area contributed by atoms with E-state index in [0.717, 1.165) is 16.7 Å². The van der Waals surface area contributed by atoms with Crippen LogP contribution in [0.25, 0.3) is 11.1 Å². The van der Waals surface area contributed by atoms with E-state index in [2.05, 4.69) is 0 Å². The summed E-state index contributed by atoms with van der Waals surface area (Å²) in [6.45, 7) is 0. The summed E-state index contributed by atoms with van der Waals surface area (Å²) in [5, 5.41) is 8.78. The number of ether oxygens (including phenoxy) is 1. The first kappa shape index (κ1) is 13.4. The molecule has 0 saturated heterocycles. The summed E-state index contributed by atoms with van der Waals surface area (Å²) in [4.78, 5) is 22.5. The third kappa shape index (κ3) is 2.65. The summed E-state index contributed by atoms with van der Waals surface area (Å²) in [5.74, 6) is -1.27. The van der Waals surface area contributed by atoms with E-state index in [1.54, 1.807) is 6.07 Å². The van der Waals surface area contributed by atoms with Gasteiger partial charge in [-0.15, -0.1) is 0 Å². The van der Waals surface area contributed by atoms with Crippen molar-refractivity contribution < 1.29 is 19.4 Å². The molecule has 3 rings (SSSR count). The minimum atomic E-state index is -0.890. The van der Waals surface area contributed by atoms with E-state index in [0.29, 0.717) is 12.0 Å². The van der Waals surface area contributed by atoms with Crippen molar-refractivity contribution in [2.75, 3.05) is 0 Å². The molecule has 1 atom stereocenters. The molecule has 1 heterocycles. The molecule has 4 heteroatoms. The molecule has 1 unspecified atom stereocenters. The Labute approximate surface area is 122 Å². The van der Waals surface area contributed by atoms with Crippen LogP contribution in [-0.2, 0) is 9.53 Å². The van der Waals surface area contributed by atoms with Gasteiger partial charge in [0.2, 0.25) is 0 Å². The maximum absolute atomic E-state index is 11.8. The summed E-state index contributed by atoms with van der Waals surface area (Å²) in [6, 6.07) is 15.4. The normalized spacial score (nSPS) is 16.4. The van der Waals surface area contributed by atoms with Crippen molar-refractivity contribution in [3.05, 3.63) is 59.7 Å². The topological polar surface area (TPSA) is 63.6 Å². The van der Waals surface area contributed by atoms with Gasteiger partial charge in [-0.2, -0.15) is 0 Å². The van der Waals surface area contributed by atoms with Gasteiger partial charge >= 0.3 is 11.9 Å². The van der Waals surface area contributed by atoms with Crippen LogP contribution in [0.3, 0.4) is 0 Å². The van der Waals surface area contributed by atoms with Crippen LogP contribution in [-0.4, -0.2) is 17.0 Å². The molecule has 2 aromatic rings. The minimum Gasteiger partial charge on any atom is -0.481 e. The molecule has 0 aliphatic carbocycles. The lowest BCUT2D eigenvalue weighted by atomic mass is 9.96. The predicted octanol–water partition coefficient (Wildman–Crippen LogP) is 3.43. The van der Waals surface area contributed by atoms with Crippen molar-refractivity contribution in [1.82, 2.24) is 0 Å². The van der Waals surface area contributed by atoms with Crippen molar-refractivity contribution in [2.24, 2.45) is 0 Å². The van der Waals surface area contributed by atoms with Gasteiger partial charge in [0.15, 0.2) is 0 Å². The van der Waals surface area contributed by atoms with Crippen molar-refractivity contribution in [1.29, 1.82) is 0 Å². The molecule has 0 bridgehead atoms. The zero-order valence-corrected chi connectivity index (χ0v) is 11.3. The lowest BCUT2D eigenvalue weighted by molar-refractivity contribution is -0.137. The number of carboxylic acids is 1. The van der Waals surface area contributed by atoms with Crippen LogP contribution in [0.1, 0.15) is 34.9 Å². The number of carbonyl (C=O) groups is 2. The maximum atomic E-state index is 11.8. The molecule has 2 aromatic carbocycles. The Kier molecular flexibility index (Phi) is 3.44. The highest BCUT2D eigenvalue weighted by molar-refractivity contribution is 5.95. The molecule has 0 fully saturated rings. The molecule has 0 amide bonds. The summed E-state index contributed by atoms with van der Waals surface area (Å²) < 4.78 is 5.27. The van der Waals surface area contributed by atoms with E-state index in [-0.39, 0.29) is 12.4 Å². The van der Waals surface area contributed by atoms with Crippen LogP contribution in [0.15, 0.2) is 48.5 Å². The van der Waals surface area contributed by atoms with E-state index in [4.69, 9.17) is 9.84 Å². The van der Waals surface area contributed by atoms with Crippen LogP contribution in [0.2, 0.25) is 0 Å². The Bertz CT molecular complexity index is 691. The highest BCUT2D eigenvalue weighted by Crippen LogP contribution is 2.36. The fraction of sp³-hybridized carbons (Fsp3) is 0.176. The molecular formula is C17H14O4. The van der Waals surface area contributed by atoms with Crippen molar-refractivity contribution >= 4 is 11.9 Å². The smallest absolute Gasteiger partial charge is 0.339 e. The van der Waals surface area contributed by atoms with E-state index >= 15 is 0 Å². The van der Waals surface area contributed by atoms with Gasteiger partial charge in [-0.3, -0.25) is 4.79 Å². The second-order valence-electron chi connectivity index (χ2n) is 4.99. The van der Waals surface area contributed by atoms with Gasteiger partial charge < -0.3 is 9.84 Å². The molecular weight excluding hydrogens is 268 g/mol. The first-order valence-corrected chi connectivity index (χ1v) is 6.77. The molecule has 1 N–H and O–H groups in total. The first-order chi connectivity index (χ1) is 10.1. The number of rotatable bonds is 4. The maximum Gasteiger partial charge on any atom is 0.339 e. The Morgan fingerprint density at radius 1 is 1.10 bits per heavy atom. The quantitative estimate of drug-likeness (QED) is 0.873. The van der Waals surface area contributed by atoms with E-state index in [1.165, 1.54) is 0 Å². The molecule has 0 saturated carbocycles. The van der Waals surface area contributed by atoms with E-state index in [1.807, 2.05) is 42.5 Å². The van der Waals surface area contributed by atoms with Crippen molar-refractivity contribution in [3.63, 3.8) is 0 Å². The Morgan fingerprint density at radius 3 is 2.57 bits per heavy atom. The molecule has 21 heavy (non-hydrogen) atoms. The SMILES string of the molecule is O=C(O)CCC1OC(=O)c2ccc(-c3ccccc3)cc21. The van der Waals surface area contributed by atoms with Crippen LogP contribution in [0, 0.1) is 0 Å². The number of carbonyl (C=O) groups excluding carboxylic acids is 1. The number of hydrogen-bond acceptors (Lipinski definition) is 3. The third-order valence-electron chi connectivity index (χ3n) is 3.60. The zero-order chi connectivity index (χ0) is 14.8. The highest BCUT2D eigenvalue weighted by Gasteiger charge is 2.31. The second kappa shape index (κ2) is 5.40. The van der Waals surface area contributed by atoms with Crippen molar-refractivity contribution in [3.8, 4) is 11.1 Å². The average molecular weight is 282 g/mol. The van der Waals surface area contributed by atoms with Gasteiger partial charge in [-0.05, 0) is 29.7 Å². The van der Waals surface area contributed by atoms with Gasteiger partial charge in [0, 0.05) is 12.0 Å². The lowest BCUT2D eigenvalue weighted by Gasteiger charge is -2.10. The standard InChI is InChI=1S/C17H14O4/c18-16(19)9-8-15-14-10-12(11-4-2-1-3-5-11)6-7-13(14)17(20)21-15/h1-7,10,15H,8-9H2,(H,18,19). The Balaban J connectivity index is 1.94. The molecule has 106 valence electrons. The minimum absolute atomic E-state index is 0.0209. The molecule has 4 nitrogen and oxygen atoms in total. The fourth-order valence-electron chi connectivity index (χ4n) is 2.55. The van der Waals surface area contributed by atoms with Gasteiger partial charge in [0.05, 0.1) is 5.56 Å². The molecule has 1 aliphatic heterocycles. The predicted molar refractivity (Wildman–Crippen MR) is 76.9 cm³/mol. The summed E-state index contributed by atoms with van der Waals surface area (Å²) in [5.41, 5.74) is 3.36. The number of aliphatic carboxylic acids is 1. The lowest BCUT2D eigenvalue weighted by Crippen LogP contribution is -2.03. The number of esters is 1. The van der Waals surface area contributed by atoms with Gasteiger partial charge in [0.25, 0.3) is 0 Å². The number of cyclic esters (lactones) is 1. The van der Waals surface area contributed by atoms with Gasteiger partial charge in [-0.1, -0.05) is 36.4 Å². The first-order valence-electron chi connectivity index (χ1n) is 6.77. The summed E-state index contributed by atoms with van der Waals surface area (Å²) >= 11 is 0.